The fourth-order valence-corrected chi connectivity index (χ4v) is 2.88. The zero-order chi connectivity index (χ0) is 15.4. The van der Waals surface area contributed by atoms with Crippen molar-refractivity contribution in [3.05, 3.63) is 0 Å². The van der Waals surface area contributed by atoms with E-state index in [0.717, 1.165) is 11.8 Å². The first-order valence-electron chi connectivity index (χ1n) is 9.38. The van der Waals surface area contributed by atoms with Crippen LogP contribution in [0.25, 0.3) is 0 Å². The van der Waals surface area contributed by atoms with Gasteiger partial charge in [-0.05, 0) is 23.7 Å². The molecule has 2 atom stereocenters. The quantitative estimate of drug-likeness (QED) is 0.323. The molecule has 0 aromatic carbocycles. The van der Waals surface area contributed by atoms with Crippen LogP contribution in [0.15, 0.2) is 0 Å². The number of unbranched alkanes of at least 4 members (excludes halogenated alkanes) is 8. The highest BCUT2D eigenvalue weighted by molar-refractivity contribution is 4.72. The summed E-state index contributed by atoms with van der Waals surface area (Å²) in [7, 11) is 0. The van der Waals surface area contributed by atoms with Crippen LogP contribution in [-0.4, -0.2) is 0 Å². The summed E-state index contributed by atoms with van der Waals surface area (Å²) in [5.74, 6) is 1.75. The van der Waals surface area contributed by atoms with E-state index in [4.69, 9.17) is 0 Å². The second-order valence-corrected chi connectivity index (χ2v) is 8.23. The Kier molecular flexibility index (Phi) is 11.6. The lowest BCUT2D eigenvalue weighted by atomic mass is 9.76. The average Bonchev–Trinajstić information content (AvgIpc) is 2.35. The van der Waals surface area contributed by atoms with Gasteiger partial charge in [-0.1, -0.05) is 106 Å². The predicted octanol–water partition coefficient (Wildman–Crippen LogP) is 7.62. The summed E-state index contributed by atoms with van der Waals surface area (Å²) in [5, 5.41) is 0. The van der Waals surface area contributed by atoms with Crippen molar-refractivity contribution < 1.29 is 0 Å². The number of hydrogen-bond acceptors (Lipinski definition) is 0. The topological polar surface area (TPSA) is 0 Å². The molecule has 0 heteroatoms. The molecule has 0 bridgehead atoms. The summed E-state index contributed by atoms with van der Waals surface area (Å²) < 4.78 is 0. The fraction of sp³-hybridized carbons (Fsp3) is 1.00. The van der Waals surface area contributed by atoms with E-state index in [9.17, 15) is 0 Å². The molecule has 0 amide bonds. The van der Waals surface area contributed by atoms with Crippen LogP contribution >= 0.6 is 0 Å². The lowest BCUT2D eigenvalue weighted by molar-refractivity contribution is 0.213. The van der Waals surface area contributed by atoms with Gasteiger partial charge in [-0.25, -0.2) is 0 Å². The van der Waals surface area contributed by atoms with Crippen LogP contribution in [0.5, 0.6) is 0 Å². The Morgan fingerprint density at radius 1 is 0.700 bits per heavy atom. The fourth-order valence-electron chi connectivity index (χ4n) is 2.88. The highest BCUT2D eigenvalue weighted by Crippen LogP contribution is 2.32. The summed E-state index contributed by atoms with van der Waals surface area (Å²) in [6.45, 7) is 14.3. The highest BCUT2D eigenvalue weighted by Gasteiger charge is 2.21. The molecule has 0 aromatic heterocycles. The summed E-state index contributed by atoms with van der Waals surface area (Å²) >= 11 is 0. The Labute approximate surface area is 130 Å². The first kappa shape index (κ1) is 20.0. The minimum atomic E-state index is 0.479. The molecule has 0 fully saturated rings. The van der Waals surface area contributed by atoms with Gasteiger partial charge in [-0.2, -0.15) is 0 Å². The van der Waals surface area contributed by atoms with E-state index >= 15 is 0 Å². The maximum Gasteiger partial charge on any atom is -0.0357 e. The van der Waals surface area contributed by atoms with E-state index in [1.54, 1.807) is 0 Å². The van der Waals surface area contributed by atoms with Crippen LogP contribution in [0, 0.1) is 17.3 Å². The Bertz CT molecular complexity index is 199. The van der Waals surface area contributed by atoms with Crippen LogP contribution in [0.2, 0.25) is 0 Å². The second-order valence-electron chi connectivity index (χ2n) is 8.23. The van der Waals surface area contributed by atoms with Crippen molar-refractivity contribution in [2.24, 2.45) is 17.3 Å². The smallest absolute Gasteiger partial charge is 0.0357 e. The Balaban J connectivity index is 3.38. The van der Waals surface area contributed by atoms with Gasteiger partial charge in [0.1, 0.15) is 0 Å². The van der Waals surface area contributed by atoms with Gasteiger partial charge in [0.15, 0.2) is 0 Å². The summed E-state index contributed by atoms with van der Waals surface area (Å²) in [6.07, 6.45) is 15.9. The molecule has 0 spiro atoms. The Morgan fingerprint density at radius 3 is 1.60 bits per heavy atom. The molecular weight excluding hydrogens is 240 g/mol. The molecule has 0 saturated carbocycles. The molecular formula is C20H42. The summed E-state index contributed by atoms with van der Waals surface area (Å²) in [6, 6.07) is 0. The second kappa shape index (κ2) is 11.6. The lowest BCUT2D eigenvalue weighted by Crippen LogP contribution is -2.19. The largest absolute Gasteiger partial charge is 0.0654 e. The minimum absolute atomic E-state index is 0.479. The molecule has 2 unspecified atom stereocenters. The van der Waals surface area contributed by atoms with E-state index in [2.05, 4.69) is 41.5 Å². The zero-order valence-electron chi connectivity index (χ0n) is 15.4. The Hall–Kier alpha value is 0. The van der Waals surface area contributed by atoms with Gasteiger partial charge in [0.05, 0.1) is 0 Å². The molecule has 0 N–H and O–H groups in total. The third kappa shape index (κ3) is 11.8. The Morgan fingerprint density at radius 2 is 1.15 bits per heavy atom. The molecule has 122 valence electrons. The number of rotatable bonds is 12. The monoisotopic (exact) mass is 282 g/mol. The van der Waals surface area contributed by atoms with Crippen LogP contribution in [0.3, 0.4) is 0 Å². The van der Waals surface area contributed by atoms with Gasteiger partial charge in [-0.3, -0.25) is 0 Å². The van der Waals surface area contributed by atoms with Crippen LogP contribution in [-0.2, 0) is 0 Å². The molecule has 0 aromatic rings. The maximum atomic E-state index is 2.45. The van der Waals surface area contributed by atoms with Gasteiger partial charge < -0.3 is 0 Å². The average molecular weight is 283 g/mol. The van der Waals surface area contributed by atoms with Gasteiger partial charge in [-0.15, -0.1) is 0 Å². The molecule has 0 aliphatic carbocycles. The van der Waals surface area contributed by atoms with E-state index in [1.807, 2.05) is 0 Å². The summed E-state index contributed by atoms with van der Waals surface area (Å²) in [5.41, 5.74) is 0.479. The van der Waals surface area contributed by atoms with E-state index in [1.165, 1.54) is 70.6 Å². The standard InChI is InChI=1S/C20H42/c1-7-8-9-10-11-12-13-14-15-16-18(2)17-19(3)20(4,5)6/h18-19H,7-17H2,1-6H3. The van der Waals surface area contributed by atoms with Crippen LogP contribution in [0.1, 0.15) is 112 Å². The normalized spacial score (nSPS) is 15.3. The van der Waals surface area contributed by atoms with Crippen molar-refractivity contribution in [3.8, 4) is 0 Å². The van der Waals surface area contributed by atoms with Crippen LogP contribution in [0.4, 0.5) is 0 Å². The first-order valence-corrected chi connectivity index (χ1v) is 9.38. The van der Waals surface area contributed by atoms with Crippen molar-refractivity contribution in [1.82, 2.24) is 0 Å². The van der Waals surface area contributed by atoms with E-state index in [0.29, 0.717) is 5.41 Å². The van der Waals surface area contributed by atoms with E-state index < -0.39 is 0 Å². The number of hydrogen-bond donors (Lipinski definition) is 0. The van der Waals surface area contributed by atoms with Crippen molar-refractivity contribution in [2.45, 2.75) is 112 Å². The van der Waals surface area contributed by atoms with Gasteiger partial charge >= 0.3 is 0 Å². The molecule has 0 aliphatic heterocycles. The lowest BCUT2D eigenvalue weighted by Gasteiger charge is -2.29. The third-order valence-corrected chi connectivity index (χ3v) is 5.03. The highest BCUT2D eigenvalue weighted by atomic mass is 14.3. The SMILES string of the molecule is CCCCCCCCCCCC(C)CC(C)C(C)(C)C. The zero-order valence-corrected chi connectivity index (χ0v) is 15.4. The summed E-state index contributed by atoms with van der Waals surface area (Å²) in [4.78, 5) is 0. The van der Waals surface area contributed by atoms with Crippen molar-refractivity contribution in [1.29, 1.82) is 0 Å². The molecule has 0 heterocycles. The molecule has 20 heavy (non-hydrogen) atoms. The molecule has 0 radical (unpaired) electrons. The molecule has 0 nitrogen and oxygen atoms in total. The van der Waals surface area contributed by atoms with Gasteiger partial charge in [0.25, 0.3) is 0 Å². The molecule has 0 aliphatic rings. The van der Waals surface area contributed by atoms with Crippen molar-refractivity contribution >= 4 is 0 Å². The van der Waals surface area contributed by atoms with Gasteiger partial charge in [0, 0.05) is 0 Å². The van der Waals surface area contributed by atoms with Crippen molar-refractivity contribution in [2.75, 3.05) is 0 Å². The predicted molar refractivity (Wildman–Crippen MR) is 94.2 cm³/mol. The maximum absolute atomic E-state index is 2.45. The van der Waals surface area contributed by atoms with Gasteiger partial charge in [0.2, 0.25) is 0 Å². The van der Waals surface area contributed by atoms with Crippen LogP contribution < -0.4 is 0 Å². The molecule has 0 saturated heterocycles. The third-order valence-electron chi connectivity index (χ3n) is 5.03. The first-order chi connectivity index (χ1) is 9.38. The van der Waals surface area contributed by atoms with Crippen molar-refractivity contribution in [3.63, 3.8) is 0 Å². The molecule has 0 rings (SSSR count). The van der Waals surface area contributed by atoms with E-state index in [-0.39, 0.29) is 0 Å². The minimum Gasteiger partial charge on any atom is -0.0654 e.